The van der Waals surface area contributed by atoms with Gasteiger partial charge in [0, 0.05) is 12.0 Å². The number of hydrogen-bond acceptors (Lipinski definition) is 3. The van der Waals surface area contributed by atoms with Crippen LogP contribution in [0, 0.1) is 0 Å². The fourth-order valence-corrected chi connectivity index (χ4v) is 2.50. The maximum atomic E-state index is 5.63. The average molecular weight is 220 g/mol. The highest BCUT2D eigenvalue weighted by atomic mass is 16.5. The fraction of sp³-hybridized carbons (Fsp3) is 0.538. The Kier molecular flexibility index (Phi) is 3.80. The van der Waals surface area contributed by atoms with Gasteiger partial charge in [-0.25, -0.2) is 0 Å². The lowest BCUT2D eigenvalue weighted by molar-refractivity contribution is 0.414. The first-order valence-electron chi connectivity index (χ1n) is 5.92. The van der Waals surface area contributed by atoms with E-state index in [1.54, 1.807) is 7.11 Å². The molecule has 0 saturated carbocycles. The summed E-state index contributed by atoms with van der Waals surface area (Å²) < 4.78 is 5.17. The Hall–Kier alpha value is -1.06. The quantitative estimate of drug-likeness (QED) is 0.808. The molecule has 2 rings (SSSR count). The van der Waals surface area contributed by atoms with Gasteiger partial charge in [0.1, 0.15) is 5.75 Å². The molecule has 0 amide bonds. The summed E-state index contributed by atoms with van der Waals surface area (Å²) in [6, 6.07) is 8.94. The van der Waals surface area contributed by atoms with Gasteiger partial charge >= 0.3 is 0 Å². The van der Waals surface area contributed by atoms with E-state index in [9.17, 15) is 0 Å². The van der Waals surface area contributed by atoms with Crippen LogP contribution in [0.3, 0.4) is 0 Å². The first-order chi connectivity index (χ1) is 7.85. The van der Waals surface area contributed by atoms with Crippen LogP contribution in [0.5, 0.6) is 5.75 Å². The van der Waals surface area contributed by atoms with Crippen molar-refractivity contribution in [3.05, 3.63) is 29.8 Å². The molecule has 1 aromatic rings. The molecule has 1 saturated heterocycles. The van der Waals surface area contributed by atoms with E-state index in [1.165, 1.54) is 12.0 Å². The zero-order valence-electron chi connectivity index (χ0n) is 9.78. The molecule has 1 fully saturated rings. The summed E-state index contributed by atoms with van der Waals surface area (Å²) in [5.74, 6) is 1.53. The van der Waals surface area contributed by atoms with Gasteiger partial charge in [-0.05, 0) is 43.6 Å². The number of methoxy groups -OCH3 is 1. The third-order valence-electron chi connectivity index (χ3n) is 3.37. The standard InChI is InChI=1S/C13H20N2O/c1-16-11-4-2-10(3-5-11)12-7-9-15-13(12)6-8-14/h2-5,12-13,15H,6-9,14H2,1H3. The molecule has 0 aliphatic carbocycles. The minimum atomic E-state index is 0.540. The third kappa shape index (κ3) is 2.36. The van der Waals surface area contributed by atoms with Crippen LogP contribution in [0.4, 0.5) is 0 Å². The maximum absolute atomic E-state index is 5.63. The monoisotopic (exact) mass is 220 g/mol. The predicted octanol–water partition coefficient (Wildman–Crippen LogP) is 1.49. The van der Waals surface area contributed by atoms with Gasteiger partial charge in [0.15, 0.2) is 0 Å². The molecule has 16 heavy (non-hydrogen) atoms. The lowest BCUT2D eigenvalue weighted by Gasteiger charge is -2.19. The molecular formula is C13H20N2O. The number of nitrogens with one attached hydrogen (secondary N) is 1. The predicted molar refractivity (Wildman–Crippen MR) is 65.8 cm³/mol. The molecule has 1 aromatic carbocycles. The molecule has 2 unspecified atom stereocenters. The molecule has 88 valence electrons. The van der Waals surface area contributed by atoms with Crippen LogP contribution in [0.1, 0.15) is 24.3 Å². The molecule has 0 aromatic heterocycles. The average Bonchev–Trinajstić information content (AvgIpc) is 2.78. The Morgan fingerprint density at radius 2 is 2.12 bits per heavy atom. The summed E-state index contributed by atoms with van der Waals surface area (Å²) in [6.07, 6.45) is 2.26. The number of nitrogens with two attached hydrogens (primary N) is 1. The van der Waals surface area contributed by atoms with Crippen molar-refractivity contribution in [3.8, 4) is 5.75 Å². The molecular weight excluding hydrogens is 200 g/mol. The summed E-state index contributed by atoms with van der Waals surface area (Å²) in [5, 5.41) is 3.52. The van der Waals surface area contributed by atoms with Crippen molar-refractivity contribution < 1.29 is 4.74 Å². The minimum Gasteiger partial charge on any atom is -0.497 e. The molecule has 1 heterocycles. The fourth-order valence-electron chi connectivity index (χ4n) is 2.50. The first kappa shape index (κ1) is 11.4. The van der Waals surface area contributed by atoms with Crippen molar-refractivity contribution in [2.24, 2.45) is 5.73 Å². The Balaban J connectivity index is 2.09. The molecule has 1 aliphatic heterocycles. The van der Waals surface area contributed by atoms with E-state index in [0.717, 1.165) is 25.3 Å². The van der Waals surface area contributed by atoms with E-state index in [0.29, 0.717) is 12.0 Å². The first-order valence-corrected chi connectivity index (χ1v) is 5.92. The van der Waals surface area contributed by atoms with E-state index in [4.69, 9.17) is 10.5 Å². The summed E-state index contributed by atoms with van der Waals surface area (Å²) >= 11 is 0. The highest BCUT2D eigenvalue weighted by Crippen LogP contribution is 2.30. The van der Waals surface area contributed by atoms with Crippen LogP contribution in [0.15, 0.2) is 24.3 Å². The molecule has 1 aliphatic rings. The van der Waals surface area contributed by atoms with Crippen molar-refractivity contribution in [2.45, 2.75) is 24.8 Å². The van der Waals surface area contributed by atoms with Gasteiger partial charge in [-0.15, -0.1) is 0 Å². The zero-order chi connectivity index (χ0) is 11.4. The van der Waals surface area contributed by atoms with Gasteiger partial charge in [-0.3, -0.25) is 0 Å². The van der Waals surface area contributed by atoms with Crippen molar-refractivity contribution >= 4 is 0 Å². The summed E-state index contributed by atoms with van der Waals surface area (Å²) in [6.45, 7) is 1.85. The second-order valence-electron chi connectivity index (χ2n) is 4.31. The van der Waals surface area contributed by atoms with E-state index >= 15 is 0 Å². The highest BCUT2D eigenvalue weighted by Gasteiger charge is 2.27. The Labute approximate surface area is 97.0 Å². The van der Waals surface area contributed by atoms with Crippen molar-refractivity contribution in [1.82, 2.24) is 5.32 Å². The normalized spacial score (nSPS) is 24.6. The summed E-state index contributed by atoms with van der Waals surface area (Å²) in [7, 11) is 1.70. The molecule has 0 spiro atoms. The van der Waals surface area contributed by atoms with Gasteiger partial charge in [0.25, 0.3) is 0 Å². The lowest BCUT2D eigenvalue weighted by Crippen LogP contribution is -2.28. The number of hydrogen-bond donors (Lipinski definition) is 2. The second kappa shape index (κ2) is 5.32. The van der Waals surface area contributed by atoms with Crippen molar-refractivity contribution in [3.63, 3.8) is 0 Å². The van der Waals surface area contributed by atoms with Crippen LogP contribution < -0.4 is 15.8 Å². The van der Waals surface area contributed by atoms with E-state index in [-0.39, 0.29) is 0 Å². The van der Waals surface area contributed by atoms with E-state index in [1.807, 2.05) is 12.1 Å². The lowest BCUT2D eigenvalue weighted by atomic mass is 9.90. The van der Waals surface area contributed by atoms with Gasteiger partial charge in [-0.2, -0.15) is 0 Å². The third-order valence-corrected chi connectivity index (χ3v) is 3.37. The second-order valence-corrected chi connectivity index (χ2v) is 4.31. The van der Waals surface area contributed by atoms with Crippen LogP contribution in [0.25, 0.3) is 0 Å². The van der Waals surface area contributed by atoms with Crippen molar-refractivity contribution in [2.75, 3.05) is 20.2 Å². The van der Waals surface area contributed by atoms with Gasteiger partial charge < -0.3 is 15.8 Å². The van der Waals surface area contributed by atoms with E-state index in [2.05, 4.69) is 17.4 Å². The topological polar surface area (TPSA) is 47.3 Å². The smallest absolute Gasteiger partial charge is 0.118 e. The molecule has 3 N–H and O–H groups in total. The Bertz CT molecular complexity index is 323. The molecule has 0 radical (unpaired) electrons. The number of benzene rings is 1. The minimum absolute atomic E-state index is 0.540. The van der Waals surface area contributed by atoms with Crippen LogP contribution in [0.2, 0.25) is 0 Å². The molecule has 3 heteroatoms. The van der Waals surface area contributed by atoms with Crippen LogP contribution in [-0.2, 0) is 0 Å². The molecule has 0 bridgehead atoms. The van der Waals surface area contributed by atoms with Crippen LogP contribution >= 0.6 is 0 Å². The van der Waals surface area contributed by atoms with Gasteiger partial charge in [0.05, 0.1) is 7.11 Å². The van der Waals surface area contributed by atoms with E-state index < -0.39 is 0 Å². The van der Waals surface area contributed by atoms with Crippen LogP contribution in [-0.4, -0.2) is 26.2 Å². The zero-order valence-corrected chi connectivity index (χ0v) is 9.78. The number of rotatable bonds is 4. The van der Waals surface area contributed by atoms with Crippen molar-refractivity contribution in [1.29, 1.82) is 0 Å². The summed E-state index contributed by atoms with van der Waals surface area (Å²) in [5.41, 5.74) is 7.03. The SMILES string of the molecule is COc1ccc(C2CCNC2CCN)cc1. The molecule has 2 atom stereocenters. The largest absolute Gasteiger partial charge is 0.497 e. The number of ether oxygens (including phenoxy) is 1. The summed E-state index contributed by atoms with van der Waals surface area (Å²) in [4.78, 5) is 0. The molecule has 3 nitrogen and oxygen atoms in total. The van der Waals surface area contributed by atoms with Gasteiger partial charge in [0.2, 0.25) is 0 Å². The Morgan fingerprint density at radius 1 is 1.38 bits per heavy atom. The Morgan fingerprint density at radius 3 is 2.75 bits per heavy atom. The maximum Gasteiger partial charge on any atom is 0.118 e. The van der Waals surface area contributed by atoms with Gasteiger partial charge in [-0.1, -0.05) is 12.1 Å². The highest BCUT2D eigenvalue weighted by molar-refractivity contribution is 5.30.